The van der Waals surface area contributed by atoms with E-state index in [9.17, 15) is 4.79 Å². The average Bonchev–Trinajstić information content (AvgIpc) is 2.64. The smallest absolute Gasteiger partial charge is 0.224 e. The highest BCUT2D eigenvalue weighted by molar-refractivity contribution is 5.92. The lowest BCUT2D eigenvalue weighted by Crippen LogP contribution is -2.14. The minimum Gasteiger partial charge on any atom is -0.399 e. The van der Waals surface area contributed by atoms with Crippen LogP contribution in [0.1, 0.15) is 23.4 Å². The van der Waals surface area contributed by atoms with Crippen molar-refractivity contribution in [2.24, 2.45) is 7.05 Å². The number of anilines is 2. The summed E-state index contributed by atoms with van der Waals surface area (Å²) in [6, 6.07) is 7.62. The number of carbonyl (C=O) groups is 1. The molecule has 0 saturated carbocycles. The van der Waals surface area contributed by atoms with Crippen LogP contribution in [0.25, 0.3) is 0 Å². The largest absolute Gasteiger partial charge is 0.399 e. The number of rotatable bonds is 4. The fourth-order valence-electron chi connectivity index (χ4n) is 2.17. The van der Waals surface area contributed by atoms with E-state index in [4.69, 9.17) is 5.73 Å². The van der Waals surface area contributed by atoms with Crippen molar-refractivity contribution in [1.82, 2.24) is 9.78 Å². The summed E-state index contributed by atoms with van der Waals surface area (Å²) in [5, 5.41) is 7.20. The lowest BCUT2D eigenvalue weighted by atomic mass is 10.1. The van der Waals surface area contributed by atoms with E-state index in [0.29, 0.717) is 12.8 Å². The maximum absolute atomic E-state index is 12.0. The quantitative estimate of drug-likeness (QED) is 0.838. The van der Waals surface area contributed by atoms with Crippen molar-refractivity contribution in [1.29, 1.82) is 0 Å². The van der Waals surface area contributed by atoms with Crippen LogP contribution in [0.5, 0.6) is 0 Å². The number of para-hydroxylation sites is 1. The molecule has 5 heteroatoms. The number of hydrogen-bond donors (Lipinski definition) is 2. The maximum atomic E-state index is 12.0. The van der Waals surface area contributed by atoms with Crippen LogP contribution in [-0.4, -0.2) is 15.7 Å². The van der Waals surface area contributed by atoms with Gasteiger partial charge in [0.25, 0.3) is 0 Å². The molecule has 2 aromatic rings. The van der Waals surface area contributed by atoms with Crippen molar-refractivity contribution >= 4 is 17.3 Å². The molecular weight excluding hydrogens is 252 g/mol. The predicted molar refractivity (Wildman–Crippen MR) is 80.5 cm³/mol. The second-order valence-electron chi connectivity index (χ2n) is 4.92. The Morgan fingerprint density at radius 3 is 2.65 bits per heavy atom. The van der Waals surface area contributed by atoms with Gasteiger partial charge in [-0.3, -0.25) is 9.48 Å². The number of aromatic nitrogens is 2. The van der Waals surface area contributed by atoms with Crippen LogP contribution in [0, 0.1) is 13.8 Å². The van der Waals surface area contributed by atoms with E-state index < -0.39 is 0 Å². The molecule has 0 bridgehead atoms. The molecule has 3 N–H and O–H groups in total. The van der Waals surface area contributed by atoms with Crippen molar-refractivity contribution in [2.45, 2.75) is 26.7 Å². The number of nitrogen functional groups attached to an aromatic ring is 1. The van der Waals surface area contributed by atoms with Gasteiger partial charge in [-0.1, -0.05) is 18.2 Å². The number of aryl methyl sites for hydroxylation is 3. The zero-order valence-corrected chi connectivity index (χ0v) is 12.1. The summed E-state index contributed by atoms with van der Waals surface area (Å²) in [7, 11) is 1.86. The molecule has 1 aromatic carbocycles. The molecule has 5 nitrogen and oxygen atoms in total. The van der Waals surface area contributed by atoms with E-state index in [1.807, 2.05) is 45.2 Å². The molecule has 0 fully saturated rings. The van der Waals surface area contributed by atoms with Crippen molar-refractivity contribution in [3.05, 3.63) is 41.2 Å². The highest BCUT2D eigenvalue weighted by atomic mass is 16.1. The van der Waals surface area contributed by atoms with Crippen molar-refractivity contribution in [3.8, 4) is 0 Å². The van der Waals surface area contributed by atoms with Crippen LogP contribution in [0.3, 0.4) is 0 Å². The number of nitrogens with two attached hydrogens (primary N) is 1. The third kappa shape index (κ3) is 2.99. The van der Waals surface area contributed by atoms with Crippen LogP contribution in [-0.2, 0) is 18.3 Å². The Labute approximate surface area is 118 Å². The van der Waals surface area contributed by atoms with Gasteiger partial charge in [0.05, 0.1) is 17.1 Å². The summed E-state index contributed by atoms with van der Waals surface area (Å²) in [6.45, 7) is 3.82. The molecule has 1 aromatic heterocycles. The number of nitrogens with one attached hydrogen (secondary N) is 1. The van der Waals surface area contributed by atoms with E-state index in [1.54, 1.807) is 4.68 Å². The van der Waals surface area contributed by atoms with E-state index in [2.05, 4.69) is 10.4 Å². The molecule has 0 aliphatic carbocycles. The monoisotopic (exact) mass is 272 g/mol. The first-order chi connectivity index (χ1) is 9.49. The molecule has 20 heavy (non-hydrogen) atoms. The van der Waals surface area contributed by atoms with E-state index in [1.165, 1.54) is 0 Å². The van der Waals surface area contributed by atoms with Gasteiger partial charge in [0, 0.05) is 19.2 Å². The summed E-state index contributed by atoms with van der Waals surface area (Å²) < 4.78 is 1.76. The fraction of sp³-hybridized carbons (Fsp3) is 0.333. The summed E-state index contributed by atoms with van der Waals surface area (Å²) in [5.74, 6) is -0.0209. The van der Waals surface area contributed by atoms with E-state index >= 15 is 0 Å². The third-order valence-corrected chi connectivity index (χ3v) is 3.45. The Kier molecular flexibility index (Phi) is 4.08. The van der Waals surface area contributed by atoms with Crippen LogP contribution in [0.2, 0.25) is 0 Å². The van der Waals surface area contributed by atoms with E-state index in [-0.39, 0.29) is 5.91 Å². The zero-order valence-electron chi connectivity index (χ0n) is 12.1. The molecule has 0 radical (unpaired) electrons. The van der Waals surface area contributed by atoms with Crippen molar-refractivity contribution < 1.29 is 4.79 Å². The topological polar surface area (TPSA) is 72.9 Å². The van der Waals surface area contributed by atoms with Gasteiger partial charge in [-0.25, -0.2) is 0 Å². The molecule has 106 valence electrons. The van der Waals surface area contributed by atoms with Crippen LogP contribution in [0.4, 0.5) is 11.4 Å². The van der Waals surface area contributed by atoms with Gasteiger partial charge in [0.15, 0.2) is 0 Å². The summed E-state index contributed by atoms with van der Waals surface area (Å²) in [5.41, 5.74) is 10.2. The molecule has 1 amide bonds. The standard InChI is InChI=1S/C15H20N4O/c1-10-15(11(2)19(3)18-10)17-14(20)9-8-12-6-4-5-7-13(12)16/h4-7H,8-9,16H2,1-3H3,(H,17,20). The molecule has 0 atom stereocenters. The van der Waals surface area contributed by atoms with Crippen LogP contribution >= 0.6 is 0 Å². The predicted octanol–water partition coefficient (Wildman–Crippen LogP) is 2.19. The SMILES string of the molecule is Cc1nn(C)c(C)c1NC(=O)CCc1ccccc1N. The minimum absolute atomic E-state index is 0.0209. The normalized spacial score (nSPS) is 10.6. The Morgan fingerprint density at radius 1 is 1.35 bits per heavy atom. The molecule has 0 spiro atoms. The third-order valence-electron chi connectivity index (χ3n) is 3.45. The van der Waals surface area contributed by atoms with Crippen molar-refractivity contribution in [2.75, 3.05) is 11.1 Å². The second-order valence-corrected chi connectivity index (χ2v) is 4.92. The lowest BCUT2D eigenvalue weighted by molar-refractivity contribution is -0.116. The summed E-state index contributed by atoms with van der Waals surface area (Å²) >= 11 is 0. The molecule has 0 unspecified atom stereocenters. The van der Waals surface area contributed by atoms with Gasteiger partial charge in [-0.15, -0.1) is 0 Å². The molecule has 1 heterocycles. The average molecular weight is 272 g/mol. The summed E-state index contributed by atoms with van der Waals surface area (Å²) in [4.78, 5) is 12.0. The van der Waals surface area contributed by atoms with Gasteiger partial charge in [0.1, 0.15) is 0 Å². The fourth-order valence-corrected chi connectivity index (χ4v) is 2.17. The molecule has 0 saturated heterocycles. The van der Waals surface area contributed by atoms with Gasteiger partial charge in [-0.2, -0.15) is 5.10 Å². The Hall–Kier alpha value is -2.30. The summed E-state index contributed by atoms with van der Waals surface area (Å²) in [6.07, 6.45) is 1.04. The number of nitrogens with zero attached hydrogens (tertiary/aromatic N) is 2. The first kappa shape index (κ1) is 14.1. The van der Waals surface area contributed by atoms with Gasteiger partial charge in [0.2, 0.25) is 5.91 Å². The Bertz CT molecular complexity index is 631. The zero-order chi connectivity index (χ0) is 14.7. The van der Waals surface area contributed by atoms with Gasteiger partial charge >= 0.3 is 0 Å². The van der Waals surface area contributed by atoms with Gasteiger partial charge in [-0.05, 0) is 31.9 Å². The molecule has 2 rings (SSSR count). The Balaban J connectivity index is 1.98. The maximum Gasteiger partial charge on any atom is 0.224 e. The number of carbonyl (C=O) groups excluding carboxylic acids is 1. The first-order valence-electron chi connectivity index (χ1n) is 6.62. The van der Waals surface area contributed by atoms with Gasteiger partial charge < -0.3 is 11.1 Å². The number of benzene rings is 1. The first-order valence-corrected chi connectivity index (χ1v) is 6.62. The highest BCUT2D eigenvalue weighted by Crippen LogP contribution is 2.19. The molecule has 0 aliphatic rings. The van der Waals surface area contributed by atoms with Crippen LogP contribution in [0.15, 0.2) is 24.3 Å². The Morgan fingerprint density at radius 2 is 2.05 bits per heavy atom. The molecule has 0 aliphatic heterocycles. The number of amides is 1. The van der Waals surface area contributed by atoms with Crippen molar-refractivity contribution in [3.63, 3.8) is 0 Å². The lowest BCUT2D eigenvalue weighted by Gasteiger charge is -2.07. The van der Waals surface area contributed by atoms with E-state index in [0.717, 1.165) is 28.3 Å². The minimum atomic E-state index is -0.0209. The van der Waals surface area contributed by atoms with Crippen LogP contribution < -0.4 is 11.1 Å². The highest BCUT2D eigenvalue weighted by Gasteiger charge is 2.12. The molecular formula is C15H20N4O. The second kappa shape index (κ2) is 5.77. The number of hydrogen-bond acceptors (Lipinski definition) is 3.